The number of piperidine rings is 1. The maximum absolute atomic E-state index is 14.5. The Bertz CT molecular complexity index is 1030. The second-order valence-electron chi connectivity index (χ2n) is 7.29. The molecule has 0 atom stereocenters. The molecule has 2 amide bonds. The normalized spacial score (nSPS) is 15.8. The van der Waals surface area contributed by atoms with E-state index in [1.807, 2.05) is 0 Å². The van der Waals surface area contributed by atoms with Gasteiger partial charge in [0.2, 0.25) is 10.0 Å². The minimum absolute atomic E-state index is 0.00732. The van der Waals surface area contributed by atoms with Crippen molar-refractivity contribution in [3.8, 4) is 11.1 Å². The number of hydrogen-bond acceptors (Lipinski definition) is 3. The van der Waals surface area contributed by atoms with Crippen molar-refractivity contribution in [3.63, 3.8) is 0 Å². The number of benzene rings is 2. The van der Waals surface area contributed by atoms with Gasteiger partial charge in [0.15, 0.2) is 0 Å². The molecule has 2 aromatic rings. The fourth-order valence-corrected chi connectivity index (χ4v) is 4.35. The van der Waals surface area contributed by atoms with Crippen molar-refractivity contribution in [2.45, 2.75) is 18.9 Å². The first-order chi connectivity index (χ1) is 14.0. The second-order valence-corrected chi connectivity index (χ2v) is 9.27. The average molecular weight is 441 g/mol. The molecule has 2 aromatic carbocycles. The van der Waals surface area contributed by atoms with Crippen LogP contribution < -0.4 is 5.32 Å². The molecule has 1 N–H and O–H groups in total. The van der Waals surface area contributed by atoms with E-state index in [1.165, 1.54) is 21.3 Å². The van der Waals surface area contributed by atoms with Crippen molar-refractivity contribution in [2.75, 3.05) is 31.7 Å². The number of carbonyl (C=O) groups is 1. The molecule has 0 spiro atoms. The summed E-state index contributed by atoms with van der Waals surface area (Å²) in [5.41, 5.74) is 0.254. The molecule has 30 heavy (non-hydrogen) atoms. The van der Waals surface area contributed by atoms with Crippen molar-refractivity contribution < 1.29 is 26.4 Å². The molecule has 0 saturated carbocycles. The van der Waals surface area contributed by atoms with E-state index in [4.69, 9.17) is 0 Å². The maximum atomic E-state index is 14.5. The fraction of sp³-hybridized carbons (Fsp3) is 0.350. The Hall–Kier alpha value is -2.59. The summed E-state index contributed by atoms with van der Waals surface area (Å²) in [7, 11) is -1.66. The van der Waals surface area contributed by atoms with E-state index in [1.54, 1.807) is 7.05 Å². The second kappa shape index (κ2) is 8.65. The van der Waals surface area contributed by atoms with E-state index in [0.29, 0.717) is 32.0 Å². The van der Waals surface area contributed by atoms with Crippen molar-refractivity contribution in [1.29, 1.82) is 0 Å². The van der Waals surface area contributed by atoms with Crippen LogP contribution in [0.4, 0.5) is 23.7 Å². The van der Waals surface area contributed by atoms with Gasteiger partial charge in [-0.2, -0.15) is 0 Å². The van der Waals surface area contributed by atoms with E-state index < -0.39 is 33.5 Å². The number of hydrogen-bond donors (Lipinski definition) is 1. The number of carbonyl (C=O) groups excluding carboxylic acids is 1. The number of urea groups is 1. The Morgan fingerprint density at radius 3 is 2.20 bits per heavy atom. The zero-order chi connectivity index (χ0) is 22.1. The summed E-state index contributed by atoms with van der Waals surface area (Å²) in [4.78, 5) is 14.0. The summed E-state index contributed by atoms with van der Waals surface area (Å²) >= 11 is 0. The van der Waals surface area contributed by atoms with Crippen LogP contribution in [-0.4, -0.2) is 56.1 Å². The van der Waals surface area contributed by atoms with E-state index in [0.717, 1.165) is 24.5 Å². The highest BCUT2D eigenvalue weighted by molar-refractivity contribution is 7.88. The molecule has 0 radical (unpaired) electrons. The number of amides is 2. The quantitative estimate of drug-likeness (QED) is 0.787. The van der Waals surface area contributed by atoms with Gasteiger partial charge in [-0.15, -0.1) is 0 Å². The predicted molar refractivity (Wildman–Crippen MR) is 108 cm³/mol. The monoisotopic (exact) mass is 441 g/mol. The molecule has 1 aliphatic rings. The van der Waals surface area contributed by atoms with Gasteiger partial charge in [-0.3, -0.25) is 0 Å². The molecule has 0 unspecified atom stereocenters. The van der Waals surface area contributed by atoms with Gasteiger partial charge < -0.3 is 10.2 Å². The van der Waals surface area contributed by atoms with Gasteiger partial charge in [0.1, 0.15) is 17.5 Å². The Kier molecular flexibility index (Phi) is 6.37. The van der Waals surface area contributed by atoms with Gasteiger partial charge in [-0.05, 0) is 48.7 Å². The molecule has 162 valence electrons. The lowest BCUT2D eigenvalue weighted by Crippen LogP contribution is -2.48. The molecule has 0 bridgehead atoms. The molecule has 3 rings (SSSR count). The molecule has 10 heteroatoms. The summed E-state index contributed by atoms with van der Waals surface area (Å²) in [6.45, 7) is 0.656. The lowest BCUT2D eigenvalue weighted by Gasteiger charge is -2.35. The number of halogens is 3. The highest BCUT2D eigenvalue weighted by Gasteiger charge is 2.29. The maximum Gasteiger partial charge on any atom is 0.321 e. The third kappa shape index (κ3) is 5.11. The number of nitrogens with zero attached hydrogens (tertiary/aromatic N) is 2. The van der Waals surface area contributed by atoms with Crippen LogP contribution in [0.25, 0.3) is 11.1 Å². The summed E-state index contributed by atoms with van der Waals surface area (Å²) in [5, 5.41) is 2.59. The van der Waals surface area contributed by atoms with Crippen LogP contribution in [0, 0.1) is 17.5 Å². The van der Waals surface area contributed by atoms with Crippen LogP contribution in [0.5, 0.6) is 0 Å². The van der Waals surface area contributed by atoms with Gasteiger partial charge in [0, 0.05) is 43.5 Å². The Morgan fingerprint density at radius 2 is 1.67 bits per heavy atom. The Morgan fingerprint density at radius 1 is 1.07 bits per heavy atom. The first-order valence-corrected chi connectivity index (χ1v) is 11.1. The minimum atomic E-state index is -3.26. The van der Waals surface area contributed by atoms with E-state index >= 15 is 0 Å². The summed E-state index contributed by atoms with van der Waals surface area (Å²) in [6.07, 6.45) is 2.14. The molecule has 0 aliphatic carbocycles. The topological polar surface area (TPSA) is 69.7 Å². The van der Waals surface area contributed by atoms with Gasteiger partial charge in [-0.1, -0.05) is 0 Å². The zero-order valence-electron chi connectivity index (χ0n) is 16.5. The van der Waals surface area contributed by atoms with Crippen molar-refractivity contribution in [1.82, 2.24) is 9.21 Å². The Labute approximate surface area is 173 Å². The first kappa shape index (κ1) is 22.1. The van der Waals surface area contributed by atoms with Crippen molar-refractivity contribution in [3.05, 3.63) is 53.8 Å². The number of anilines is 1. The van der Waals surface area contributed by atoms with Crippen molar-refractivity contribution in [2.24, 2.45) is 0 Å². The smallest absolute Gasteiger partial charge is 0.321 e. The third-order valence-electron chi connectivity index (χ3n) is 5.15. The molecule has 0 aromatic heterocycles. The van der Waals surface area contributed by atoms with Crippen LogP contribution in [0.1, 0.15) is 12.8 Å². The van der Waals surface area contributed by atoms with Gasteiger partial charge >= 0.3 is 6.03 Å². The number of rotatable bonds is 4. The molecular formula is C20H22F3N3O3S. The number of sulfonamides is 1. The molecule has 1 heterocycles. The summed E-state index contributed by atoms with van der Waals surface area (Å²) in [5.74, 6) is -2.36. The van der Waals surface area contributed by atoms with Crippen LogP contribution in [0.2, 0.25) is 0 Å². The predicted octanol–water partition coefficient (Wildman–Crippen LogP) is 3.66. The van der Waals surface area contributed by atoms with Gasteiger partial charge in [0.05, 0.1) is 6.26 Å². The van der Waals surface area contributed by atoms with Gasteiger partial charge in [-0.25, -0.2) is 30.7 Å². The van der Waals surface area contributed by atoms with Gasteiger partial charge in [0.25, 0.3) is 0 Å². The Balaban J connectivity index is 1.66. The average Bonchev–Trinajstić information content (AvgIpc) is 2.66. The van der Waals surface area contributed by atoms with Crippen LogP contribution in [0.15, 0.2) is 36.4 Å². The minimum Gasteiger partial charge on any atom is -0.325 e. The van der Waals surface area contributed by atoms with Crippen LogP contribution in [-0.2, 0) is 10.0 Å². The molecule has 6 nitrogen and oxygen atoms in total. The zero-order valence-corrected chi connectivity index (χ0v) is 17.3. The lowest BCUT2D eigenvalue weighted by atomic mass is 10.0. The standard InChI is InChI=1S/C20H22F3N3O3S/c1-25(17-5-7-26(8-6-17)30(2,28)29)20(27)24-16-3-4-18(19(23)12-16)13-9-14(21)11-15(22)10-13/h3-4,9-12,17H,5-8H2,1-2H3,(H,24,27). The van der Waals surface area contributed by atoms with Crippen LogP contribution in [0.3, 0.4) is 0 Å². The van der Waals surface area contributed by atoms with Crippen LogP contribution >= 0.6 is 0 Å². The number of nitrogens with one attached hydrogen (secondary N) is 1. The SMILES string of the molecule is CN(C(=O)Nc1ccc(-c2cc(F)cc(F)c2)c(F)c1)C1CCN(S(C)(=O)=O)CC1. The van der Waals surface area contributed by atoms with E-state index in [2.05, 4.69) is 5.32 Å². The lowest BCUT2D eigenvalue weighted by molar-refractivity contribution is 0.174. The van der Waals surface area contributed by atoms with Crippen molar-refractivity contribution >= 4 is 21.7 Å². The van der Waals surface area contributed by atoms with E-state index in [9.17, 15) is 26.4 Å². The summed E-state index contributed by atoms with van der Waals surface area (Å²) in [6, 6.07) is 6.00. The summed E-state index contributed by atoms with van der Waals surface area (Å²) < 4.78 is 65.8. The van der Waals surface area contributed by atoms with E-state index in [-0.39, 0.29) is 22.9 Å². The third-order valence-corrected chi connectivity index (χ3v) is 6.46. The molecule has 1 saturated heterocycles. The fourth-order valence-electron chi connectivity index (χ4n) is 3.47. The largest absolute Gasteiger partial charge is 0.325 e. The highest BCUT2D eigenvalue weighted by atomic mass is 32.2. The molecular weight excluding hydrogens is 419 g/mol. The highest BCUT2D eigenvalue weighted by Crippen LogP contribution is 2.27. The molecule has 1 aliphatic heterocycles. The first-order valence-electron chi connectivity index (χ1n) is 9.29. The molecule has 1 fully saturated rings.